The first-order valence-corrected chi connectivity index (χ1v) is 13.5. The molecule has 3 aromatic rings. The molecule has 4 rings (SSSR count). The average molecular weight is 492 g/mol. The van der Waals surface area contributed by atoms with Crippen molar-refractivity contribution < 1.29 is 13.2 Å². The average Bonchev–Trinajstić information content (AvgIpc) is 2.83. The van der Waals surface area contributed by atoms with Crippen LogP contribution in [0.25, 0.3) is 0 Å². The number of hydrogen-bond donors (Lipinski definition) is 2. The number of rotatable bonds is 7. The molecule has 2 N–H and O–H groups in total. The highest BCUT2D eigenvalue weighted by molar-refractivity contribution is 7.92. The van der Waals surface area contributed by atoms with Gasteiger partial charge in [0, 0.05) is 23.8 Å². The highest BCUT2D eigenvalue weighted by Crippen LogP contribution is 2.23. The van der Waals surface area contributed by atoms with Gasteiger partial charge in [-0.25, -0.2) is 8.42 Å². The van der Waals surface area contributed by atoms with Gasteiger partial charge < -0.3 is 5.32 Å². The zero-order chi connectivity index (χ0) is 25.0. The summed E-state index contributed by atoms with van der Waals surface area (Å²) in [4.78, 5) is 15.3. The van der Waals surface area contributed by atoms with E-state index < -0.39 is 10.0 Å². The minimum absolute atomic E-state index is 0.0103. The van der Waals surface area contributed by atoms with Crippen LogP contribution < -0.4 is 10.0 Å². The van der Waals surface area contributed by atoms with Crippen molar-refractivity contribution in [2.45, 2.75) is 45.1 Å². The highest BCUT2D eigenvalue weighted by atomic mass is 32.2. The first-order valence-electron chi connectivity index (χ1n) is 12.0. The Morgan fingerprint density at radius 2 is 1.49 bits per heavy atom. The van der Waals surface area contributed by atoms with E-state index in [1.807, 2.05) is 26.0 Å². The predicted octanol–water partition coefficient (Wildman–Crippen LogP) is 5.26. The summed E-state index contributed by atoms with van der Waals surface area (Å²) in [7, 11) is -3.71. The van der Waals surface area contributed by atoms with Crippen LogP contribution in [0.4, 0.5) is 11.4 Å². The smallest absolute Gasteiger partial charge is 0.261 e. The summed E-state index contributed by atoms with van der Waals surface area (Å²) in [6.07, 6.45) is 1.62. The molecule has 1 aliphatic rings. The molecule has 35 heavy (non-hydrogen) atoms. The molecule has 0 unspecified atom stereocenters. The number of hydrogen-bond acceptors (Lipinski definition) is 4. The Hall–Kier alpha value is -3.16. The number of anilines is 2. The third kappa shape index (κ3) is 6.50. The number of aryl methyl sites for hydroxylation is 3. The van der Waals surface area contributed by atoms with Crippen molar-refractivity contribution in [3.63, 3.8) is 0 Å². The van der Waals surface area contributed by atoms with E-state index in [0.717, 1.165) is 43.6 Å². The molecule has 0 aliphatic carbocycles. The fraction of sp³-hybridized carbons (Fsp3) is 0.321. The lowest BCUT2D eigenvalue weighted by molar-refractivity contribution is -0.121. The van der Waals surface area contributed by atoms with Gasteiger partial charge in [-0.15, -0.1) is 0 Å². The summed E-state index contributed by atoms with van der Waals surface area (Å²) in [5.41, 5.74) is 5.79. The van der Waals surface area contributed by atoms with E-state index in [4.69, 9.17) is 0 Å². The van der Waals surface area contributed by atoms with E-state index >= 15 is 0 Å². The number of nitrogens with one attached hydrogen (secondary N) is 2. The first-order chi connectivity index (χ1) is 16.7. The molecule has 7 heteroatoms. The zero-order valence-corrected chi connectivity index (χ0v) is 21.4. The number of amides is 1. The Labute approximate surface area is 208 Å². The highest BCUT2D eigenvalue weighted by Gasteiger charge is 2.25. The van der Waals surface area contributed by atoms with Gasteiger partial charge in [0.15, 0.2) is 0 Å². The van der Waals surface area contributed by atoms with Crippen molar-refractivity contribution in [3.05, 3.63) is 89.0 Å². The molecule has 1 fully saturated rings. The van der Waals surface area contributed by atoms with Crippen molar-refractivity contribution in [2.75, 3.05) is 23.1 Å². The van der Waals surface area contributed by atoms with Gasteiger partial charge in [0.25, 0.3) is 10.0 Å². The molecule has 0 saturated carbocycles. The standard InChI is InChI=1S/C28H33N3O3S/c1-20-4-7-23(8-5-20)19-31-16-14-24(15-17-31)28(32)29-25-10-12-27(13-11-25)35(33,34)30-26-9-6-21(2)22(3)18-26/h4-13,18,24,30H,14-17,19H2,1-3H3,(H,29,32). The molecule has 3 aromatic carbocycles. The molecule has 1 aliphatic heterocycles. The Balaban J connectivity index is 1.30. The summed E-state index contributed by atoms with van der Waals surface area (Å²) in [6, 6.07) is 20.3. The molecule has 1 saturated heterocycles. The maximum atomic E-state index is 12.8. The fourth-order valence-electron chi connectivity index (χ4n) is 4.29. The molecule has 184 valence electrons. The predicted molar refractivity (Wildman–Crippen MR) is 141 cm³/mol. The van der Waals surface area contributed by atoms with Gasteiger partial charge in [0.2, 0.25) is 5.91 Å². The molecule has 0 atom stereocenters. The third-order valence-corrected chi connectivity index (χ3v) is 8.07. The van der Waals surface area contributed by atoms with E-state index in [1.54, 1.807) is 18.2 Å². The van der Waals surface area contributed by atoms with Crippen molar-refractivity contribution in [3.8, 4) is 0 Å². The fourth-order valence-corrected chi connectivity index (χ4v) is 5.34. The molecular formula is C28H33N3O3S. The minimum atomic E-state index is -3.71. The monoisotopic (exact) mass is 491 g/mol. The van der Waals surface area contributed by atoms with Crippen molar-refractivity contribution in [1.82, 2.24) is 4.90 Å². The van der Waals surface area contributed by atoms with Gasteiger partial charge in [0.05, 0.1) is 4.90 Å². The molecular weight excluding hydrogens is 458 g/mol. The van der Waals surface area contributed by atoms with Gasteiger partial charge in [-0.3, -0.25) is 14.4 Å². The van der Waals surface area contributed by atoms with Crippen LogP contribution in [0.3, 0.4) is 0 Å². The van der Waals surface area contributed by atoms with Gasteiger partial charge >= 0.3 is 0 Å². The Bertz CT molecular complexity index is 1280. The van der Waals surface area contributed by atoms with Gasteiger partial charge in [-0.05, 0) is 99.8 Å². The molecule has 1 heterocycles. The number of sulfonamides is 1. The van der Waals surface area contributed by atoms with Crippen LogP contribution in [-0.2, 0) is 21.4 Å². The molecule has 6 nitrogen and oxygen atoms in total. The van der Waals surface area contributed by atoms with Crippen LogP contribution in [0.5, 0.6) is 0 Å². The second kappa shape index (κ2) is 10.6. The molecule has 0 aromatic heterocycles. The van der Waals surface area contributed by atoms with Crippen LogP contribution in [0.1, 0.15) is 35.1 Å². The topological polar surface area (TPSA) is 78.5 Å². The van der Waals surface area contributed by atoms with E-state index in [-0.39, 0.29) is 16.7 Å². The van der Waals surface area contributed by atoms with Crippen LogP contribution in [0.2, 0.25) is 0 Å². The molecule has 1 amide bonds. The largest absolute Gasteiger partial charge is 0.326 e. The number of benzene rings is 3. The van der Waals surface area contributed by atoms with Gasteiger partial charge in [-0.1, -0.05) is 35.9 Å². The maximum absolute atomic E-state index is 12.8. The Kier molecular flexibility index (Phi) is 7.57. The normalized spacial score (nSPS) is 15.1. The summed E-state index contributed by atoms with van der Waals surface area (Å²) in [6.45, 7) is 8.68. The van der Waals surface area contributed by atoms with Gasteiger partial charge in [-0.2, -0.15) is 0 Å². The summed E-state index contributed by atoms with van der Waals surface area (Å²) in [5.74, 6) is -0.0528. The van der Waals surface area contributed by atoms with E-state index in [1.165, 1.54) is 23.3 Å². The number of carbonyl (C=O) groups is 1. The van der Waals surface area contributed by atoms with Crippen LogP contribution in [0.15, 0.2) is 71.6 Å². The molecule has 0 spiro atoms. The number of piperidine rings is 1. The van der Waals surface area contributed by atoms with Gasteiger partial charge in [0.1, 0.15) is 0 Å². The molecule has 0 bridgehead atoms. The second-order valence-electron chi connectivity index (χ2n) is 9.45. The SMILES string of the molecule is Cc1ccc(CN2CCC(C(=O)Nc3ccc(S(=O)(=O)Nc4ccc(C)c(C)c4)cc3)CC2)cc1. The van der Waals surface area contributed by atoms with E-state index in [9.17, 15) is 13.2 Å². The van der Waals surface area contributed by atoms with Crippen molar-refractivity contribution in [2.24, 2.45) is 5.92 Å². The summed E-state index contributed by atoms with van der Waals surface area (Å²) < 4.78 is 28.1. The lowest BCUT2D eigenvalue weighted by Crippen LogP contribution is -2.37. The Morgan fingerprint density at radius 1 is 0.857 bits per heavy atom. The number of nitrogens with zero attached hydrogens (tertiary/aromatic N) is 1. The number of carbonyl (C=O) groups excluding carboxylic acids is 1. The zero-order valence-electron chi connectivity index (χ0n) is 20.5. The molecule has 0 radical (unpaired) electrons. The Morgan fingerprint density at radius 3 is 2.11 bits per heavy atom. The summed E-state index contributed by atoms with van der Waals surface area (Å²) in [5, 5.41) is 2.95. The lowest BCUT2D eigenvalue weighted by atomic mass is 9.95. The van der Waals surface area contributed by atoms with Crippen LogP contribution in [0, 0.1) is 26.7 Å². The van der Waals surface area contributed by atoms with Crippen molar-refractivity contribution in [1.29, 1.82) is 0 Å². The maximum Gasteiger partial charge on any atom is 0.261 e. The summed E-state index contributed by atoms with van der Waals surface area (Å²) >= 11 is 0. The van der Waals surface area contributed by atoms with Crippen LogP contribution in [-0.4, -0.2) is 32.3 Å². The third-order valence-electron chi connectivity index (χ3n) is 6.68. The number of likely N-dealkylation sites (tertiary alicyclic amines) is 1. The lowest BCUT2D eigenvalue weighted by Gasteiger charge is -2.31. The minimum Gasteiger partial charge on any atom is -0.326 e. The quantitative estimate of drug-likeness (QED) is 0.472. The van der Waals surface area contributed by atoms with E-state index in [0.29, 0.717) is 11.4 Å². The van der Waals surface area contributed by atoms with Crippen molar-refractivity contribution >= 4 is 27.3 Å². The van der Waals surface area contributed by atoms with Crippen LogP contribution >= 0.6 is 0 Å². The second-order valence-corrected chi connectivity index (χ2v) is 11.1. The van der Waals surface area contributed by atoms with E-state index in [2.05, 4.69) is 46.1 Å². The first kappa shape index (κ1) is 24.9.